The molecule has 1 fully saturated rings. The molecule has 1 saturated carbocycles. The summed E-state index contributed by atoms with van der Waals surface area (Å²) in [7, 11) is 0. The number of rotatable bonds is 3. The lowest BCUT2D eigenvalue weighted by atomic mass is 9.94. The van der Waals surface area contributed by atoms with E-state index in [0.29, 0.717) is 18.0 Å². The van der Waals surface area contributed by atoms with Crippen LogP contribution in [0.3, 0.4) is 0 Å². The first-order valence-corrected chi connectivity index (χ1v) is 7.07. The van der Waals surface area contributed by atoms with E-state index in [9.17, 15) is 9.90 Å². The molecule has 2 heterocycles. The number of anilines is 1. The van der Waals surface area contributed by atoms with Crippen molar-refractivity contribution in [2.24, 2.45) is 0 Å². The SMILES string of the molecule is O=c1[nH]nc2ccc(NCC3(O)CCCCCC3)nn12. The summed E-state index contributed by atoms with van der Waals surface area (Å²) in [5.74, 6) is 0.568. The van der Waals surface area contributed by atoms with Crippen molar-refractivity contribution in [3.63, 3.8) is 0 Å². The zero-order chi connectivity index (χ0) is 14.0. The molecule has 0 aliphatic heterocycles. The molecule has 3 rings (SSSR count). The summed E-state index contributed by atoms with van der Waals surface area (Å²) < 4.78 is 1.21. The van der Waals surface area contributed by atoms with Gasteiger partial charge in [-0.1, -0.05) is 25.7 Å². The van der Waals surface area contributed by atoms with Crippen LogP contribution in [-0.4, -0.2) is 37.1 Å². The highest BCUT2D eigenvalue weighted by molar-refractivity contribution is 5.43. The van der Waals surface area contributed by atoms with Crippen LogP contribution in [0.4, 0.5) is 5.82 Å². The maximum atomic E-state index is 11.5. The molecule has 1 aliphatic carbocycles. The van der Waals surface area contributed by atoms with Crippen LogP contribution in [0.2, 0.25) is 0 Å². The summed E-state index contributed by atoms with van der Waals surface area (Å²) in [6.07, 6.45) is 6.13. The number of hydrogen-bond donors (Lipinski definition) is 3. The third kappa shape index (κ3) is 2.67. The minimum atomic E-state index is -0.672. The number of aromatic amines is 1. The van der Waals surface area contributed by atoms with Crippen molar-refractivity contribution < 1.29 is 5.11 Å². The van der Waals surface area contributed by atoms with Gasteiger partial charge in [0.25, 0.3) is 0 Å². The van der Waals surface area contributed by atoms with Gasteiger partial charge in [-0.15, -0.1) is 5.10 Å². The molecule has 108 valence electrons. The van der Waals surface area contributed by atoms with Crippen LogP contribution in [0, 0.1) is 0 Å². The highest BCUT2D eigenvalue weighted by atomic mass is 16.3. The maximum absolute atomic E-state index is 11.5. The lowest BCUT2D eigenvalue weighted by Crippen LogP contribution is -2.36. The molecular formula is C13H19N5O2. The third-order valence-electron chi connectivity index (χ3n) is 3.91. The number of aromatic nitrogens is 4. The average Bonchev–Trinajstić information content (AvgIpc) is 2.68. The highest BCUT2D eigenvalue weighted by Crippen LogP contribution is 2.27. The molecule has 2 aromatic heterocycles. The van der Waals surface area contributed by atoms with Crippen molar-refractivity contribution in [1.82, 2.24) is 19.8 Å². The molecule has 20 heavy (non-hydrogen) atoms. The molecule has 0 spiro atoms. The van der Waals surface area contributed by atoms with Crippen molar-refractivity contribution in [3.8, 4) is 0 Å². The van der Waals surface area contributed by atoms with Gasteiger partial charge < -0.3 is 10.4 Å². The first-order chi connectivity index (χ1) is 9.66. The van der Waals surface area contributed by atoms with Crippen LogP contribution in [0.25, 0.3) is 5.65 Å². The number of nitrogens with one attached hydrogen (secondary N) is 2. The second kappa shape index (κ2) is 5.24. The number of aliphatic hydroxyl groups is 1. The van der Waals surface area contributed by atoms with E-state index in [0.717, 1.165) is 25.7 Å². The van der Waals surface area contributed by atoms with E-state index in [4.69, 9.17) is 0 Å². The van der Waals surface area contributed by atoms with Gasteiger partial charge in [0, 0.05) is 6.54 Å². The number of nitrogens with zero attached hydrogens (tertiary/aromatic N) is 3. The monoisotopic (exact) mass is 277 g/mol. The van der Waals surface area contributed by atoms with E-state index in [-0.39, 0.29) is 5.69 Å². The van der Waals surface area contributed by atoms with Crippen molar-refractivity contribution >= 4 is 11.5 Å². The molecule has 0 radical (unpaired) electrons. The molecule has 3 N–H and O–H groups in total. The van der Waals surface area contributed by atoms with Gasteiger partial charge in [-0.05, 0) is 25.0 Å². The molecule has 0 atom stereocenters. The largest absolute Gasteiger partial charge is 0.388 e. The second-order valence-corrected chi connectivity index (χ2v) is 5.51. The Hall–Kier alpha value is -1.89. The summed E-state index contributed by atoms with van der Waals surface area (Å²) in [5, 5.41) is 24.0. The van der Waals surface area contributed by atoms with E-state index in [1.165, 1.54) is 17.4 Å². The molecule has 0 amide bonds. The average molecular weight is 277 g/mol. The number of H-pyrrole nitrogens is 1. The van der Waals surface area contributed by atoms with Gasteiger partial charge in [-0.2, -0.15) is 9.61 Å². The Balaban J connectivity index is 1.72. The summed E-state index contributed by atoms with van der Waals surface area (Å²) in [6, 6.07) is 3.47. The molecule has 0 aromatic carbocycles. The van der Waals surface area contributed by atoms with Gasteiger partial charge in [0.2, 0.25) is 0 Å². The molecule has 0 unspecified atom stereocenters. The zero-order valence-corrected chi connectivity index (χ0v) is 11.3. The zero-order valence-electron chi connectivity index (χ0n) is 11.3. The second-order valence-electron chi connectivity index (χ2n) is 5.51. The van der Waals surface area contributed by atoms with Crippen molar-refractivity contribution in [2.45, 2.75) is 44.1 Å². The summed E-state index contributed by atoms with van der Waals surface area (Å²) >= 11 is 0. The Bertz CT molecular complexity index is 639. The predicted octanol–water partition coefficient (Wildman–Crippen LogP) is 0.915. The van der Waals surface area contributed by atoms with E-state index in [1.807, 2.05) is 0 Å². The fourth-order valence-corrected chi connectivity index (χ4v) is 2.72. The smallest absolute Gasteiger partial charge is 0.364 e. The van der Waals surface area contributed by atoms with Crippen LogP contribution in [0.15, 0.2) is 16.9 Å². The minimum absolute atomic E-state index is 0.364. The normalized spacial score (nSPS) is 18.9. The Morgan fingerprint density at radius 1 is 1.30 bits per heavy atom. The van der Waals surface area contributed by atoms with Crippen LogP contribution in [0.5, 0.6) is 0 Å². The van der Waals surface area contributed by atoms with E-state index in [2.05, 4.69) is 20.6 Å². The van der Waals surface area contributed by atoms with Gasteiger partial charge >= 0.3 is 5.69 Å². The first kappa shape index (κ1) is 13.1. The Labute approximate surface area is 116 Å². The van der Waals surface area contributed by atoms with Gasteiger partial charge in [-0.3, -0.25) is 0 Å². The van der Waals surface area contributed by atoms with Gasteiger partial charge in [0.1, 0.15) is 5.82 Å². The standard InChI is InChI=1S/C13H19N5O2/c19-12-16-15-11-6-5-10(17-18(11)12)14-9-13(20)7-3-1-2-4-8-13/h5-6,20H,1-4,7-9H2,(H,14,17)(H,16,19). The molecule has 1 aliphatic rings. The van der Waals surface area contributed by atoms with Crippen LogP contribution in [0.1, 0.15) is 38.5 Å². The molecular weight excluding hydrogens is 258 g/mol. The van der Waals surface area contributed by atoms with Crippen LogP contribution < -0.4 is 11.0 Å². The van der Waals surface area contributed by atoms with Crippen LogP contribution >= 0.6 is 0 Å². The maximum Gasteiger partial charge on any atom is 0.364 e. The van der Waals surface area contributed by atoms with Crippen molar-refractivity contribution in [3.05, 3.63) is 22.6 Å². The van der Waals surface area contributed by atoms with E-state index < -0.39 is 5.60 Å². The number of hydrogen-bond acceptors (Lipinski definition) is 5. The fraction of sp³-hybridized carbons (Fsp3) is 0.615. The molecule has 7 nitrogen and oxygen atoms in total. The van der Waals surface area contributed by atoms with Gasteiger partial charge in [-0.25, -0.2) is 9.89 Å². The summed E-state index contributed by atoms with van der Waals surface area (Å²) in [5.41, 5.74) is -0.556. The minimum Gasteiger partial charge on any atom is -0.388 e. The Morgan fingerprint density at radius 3 is 2.80 bits per heavy atom. The molecule has 2 aromatic rings. The lowest BCUT2D eigenvalue weighted by Gasteiger charge is -2.26. The molecule has 0 bridgehead atoms. The third-order valence-corrected chi connectivity index (χ3v) is 3.91. The first-order valence-electron chi connectivity index (χ1n) is 7.07. The Kier molecular flexibility index (Phi) is 3.43. The quantitative estimate of drug-likeness (QED) is 0.725. The van der Waals surface area contributed by atoms with Crippen molar-refractivity contribution in [1.29, 1.82) is 0 Å². The van der Waals surface area contributed by atoms with E-state index >= 15 is 0 Å². The van der Waals surface area contributed by atoms with Crippen molar-refractivity contribution in [2.75, 3.05) is 11.9 Å². The highest BCUT2D eigenvalue weighted by Gasteiger charge is 2.27. The summed E-state index contributed by atoms with van der Waals surface area (Å²) in [4.78, 5) is 11.5. The Morgan fingerprint density at radius 2 is 2.05 bits per heavy atom. The molecule has 0 saturated heterocycles. The number of fused-ring (bicyclic) bond motifs is 1. The van der Waals surface area contributed by atoms with Gasteiger partial charge in [0.15, 0.2) is 5.65 Å². The lowest BCUT2D eigenvalue weighted by molar-refractivity contribution is 0.0380. The van der Waals surface area contributed by atoms with Crippen LogP contribution in [-0.2, 0) is 0 Å². The summed E-state index contributed by atoms with van der Waals surface area (Å²) in [6.45, 7) is 0.456. The van der Waals surface area contributed by atoms with E-state index in [1.54, 1.807) is 12.1 Å². The van der Waals surface area contributed by atoms with Gasteiger partial charge in [0.05, 0.1) is 5.60 Å². The topological polar surface area (TPSA) is 95.3 Å². The predicted molar refractivity (Wildman–Crippen MR) is 74.7 cm³/mol. The molecule has 7 heteroatoms. The fourth-order valence-electron chi connectivity index (χ4n) is 2.72.